The van der Waals surface area contributed by atoms with E-state index in [-0.39, 0.29) is 28.9 Å². The van der Waals surface area contributed by atoms with Crippen molar-refractivity contribution in [3.8, 4) is 5.75 Å². The predicted molar refractivity (Wildman–Crippen MR) is 122 cm³/mol. The number of sulfonamides is 1. The Kier molecular flexibility index (Phi) is 7.87. The first kappa shape index (κ1) is 23.7. The van der Waals surface area contributed by atoms with E-state index in [1.807, 2.05) is 30.3 Å². The number of carbonyl (C=O) groups is 2. The molecule has 2 amide bonds. The van der Waals surface area contributed by atoms with Gasteiger partial charge in [-0.15, -0.1) is 0 Å². The van der Waals surface area contributed by atoms with Gasteiger partial charge in [0.1, 0.15) is 10.6 Å². The van der Waals surface area contributed by atoms with E-state index in [1.54, 1.807) is 19.1 Å². The monoisotopic (exact) mass is 459 g/mol. The molecule has 0 saturated carbocycles. The van der Waals surface area contributed by atoms with E-state index in [4.69, 9.17) is 4.74 Å². The Balaban J connectivity index is 1.81. The lowest BCUT2D eigenvalue weighted by Crippen LogP contribution is -2.30. The molecule has 9 heteroatoms. The summed E-state index contributed by atoms with van der Waals surface area (Å²) in [6.45, 7) is 4.45. The largest absolute Gasteiger partial charge is 0.492 e. The Morgan fingerprint density at radius 1 is 1.09 bits per heavy atom. The molecule has 32 heavy (non-hydrogen) atoms. The van der Waals surface area contributed by atoms with Crippen LogP contribution in [0.5, 0.6) is 5.75 Å². The molecule has 0 spiro atoms. The topological polar surface area (TPSA) is 105 Å². The van der Waals surface area contributed by atoms with Crippen LogP contribution in [0.15, 0.2) is 53.4 Å². The molecular weight excluding hydrogens is 430 g/mol. The van der Waals surface area contributed by atoms with Crippen LogP contribution < -0.4 is 15.4 Å². The first-order valence-corrected chi connectivity index (χ1v) is 12.1. The fourth-order valence-electron chi connectivity index (χ4n) is 3.71. The van der Waals surface area contributed by atoms with Crippen LogP contribution in [0.3, 0.4) is 0 Å². The van der Waals surface area contributed by atoms with Crippen LogP contribution in [0.4, 0.5) is 5.69 Å². The Labute approximate surface area is 189 Å². The van der Waals surface area contributed by atoms with Gasteiger partial charge < -0.3 is 15.4 Å². The van der Waals surface area contributed by atoms with Gasteiger partial charge in [0.05, 0.1) is 19.1 Å². The molecule has 1 saturated heterocycles. The molecule has 2 aromatic rings. The van der Waals surface area contributed by atoms with Gasteiger partial charge in [0.15, 0.2) is 0 Å². The summed E-state index contributed by atoms with van der Waals surface area (Å²) in [6.07, 6.45) is 1.65. The number of anilines is 1. The summed E-state index contributed by atoms with van der Waals surface area (Å²) >= 11 is 0. The maximum Gasteiger partial charge on any atom is 0.246 e. The third-order valence-electron chi connectivity index (χ3n) is 5.18. The smallest absolute Gasteiger partial charge is 0.246 e. The van der Waals surface area contributed by atoms with Crippen LogP contribution in [0.25, 0.3) is 0 Å². The van der Waals surface area contributed by atoms with E-state index in [2.05, 4.69) is 10.6 Å². The molecule has 1 aliphatic rings. The summed E-state index contributed by atoms with van der Waals surface area (Å²) in [4.78, 5) is 24.4. The number of ether oxygens (including phenoxy) is 1. The van der Waals surface area contributed by atoms with Crippen LogP contribution in [0.1, 0.15) is 44.7 Å². The van der Waals surface area contributed by atoms with Gasteiger partial charge in [0, 0.05) is 25.7 Å². The summed E-state index contributed by atoms with van der Waals surface area (Å²) in [7, 11) is -3.73. The van der Waals surface area contributed by atoms with Gasteiger partial charge in [-0.2, -0.15) is 4.31 Å². The summed E-state index contributed by atoms with van der Waals surface area (Å²) in [6, 6.07) is 13.3. The van der Waals surface area contributed by atoms with Crippen molar-refractivity contribution in [3.63, 3.8) is 0 Å². The SMILES string of the molecule is CCOc1ccc(NC(=O)C[C@@H](NC(C)=O)c2ccccc2)cc1S(=O)(=O)N1CCCC1. The van der Waals surface area contributed by atoms with Crippen molar-refractivity contribution >= 4 is 27.5 Å². The summed E-state index contributed by atoms with van der Waals surface area (Å²) in [5.74, 6) is -0.328. The molecule has 0 aromatic heterocycles. The molecule has 0 radical (unpaired) electrons. The first-order valence-electron chi connectivity index (χ1n) is 10.7. The van der Waals surface area contributed by atoms with Crippen LogP contribution in [-0.2, 0) is 19.6 Å². The van der Waals surface area contributed by atoms with E-state index in [0.717, 1.165) is 18.4 Å². The van der Waals surface area contributed by atoms with E-state index in [9.17, 15) is 18.0 Å². The second-order valence-corrected chi connectivity index (χ2v) is 9.53. The second-order valence-electron chi connectivity index (χ2n) is 7.62. The Morgan fingerprint density at radius 3 is 2.41 bits per heavy atom. The van der Waals surface area contributed by atoms with E-state index < -0.39 is 16.1 Å². The number of hydrogen-bond acceptors (Lipinski definition) is 5. The zero-order valence-electron chi connectivity index (χ0n) is 18.3. The lowest BCUT2D eigenvalue weighted by atomic mass is 10.0. The number of hydrogen-bond donors (Lipinski definition) is 2. The highest BCUT2D eigenvalue weighted by molar-refractivity contribution is 7.89. The van der Waals surface area contributed by atoms with Crippen molar-refractivity contribution in [2.75, 3.05) is 25.0 Å². The molecule has 2 N–H and O–H groups in total. The molecule has 8 nitrogen and oxygen atoms in total. The van der Waals surface area contributed by atoms with Gasteiger partial charge in [-0.1, -0.05) is 30.3 Å². The van der Waals surface area contributed by atoms with E-state index in [1.165, 1.54) is 17.3 Å². The van der Waals surface area contributed by atoms with Crippen LogP contribution in [0, 0.1) is 0 Å². The molecule has 1 aliphatic heterocycles. The highest BCUT2D eigenvalue weighted by Crippen LogP contribution is 2.32. The van der Waals surface area contributed by atoms with Gasteiger partial charge in [0.25, 0.3) is 0 Å². The van der Waals surface area contributed by atoms with Gasteiger partial charge >= 0.3 is 0 Å². The number of nitrogens with one attached hydrogen (secondary N) is 2. The average molecular weight is 460 g/mol. The molecule has 0 aliphatic carbocycles. The Morgan fingerprint density at radius 2 is 1.78 bits per heavy atom. The highest BCUT2D eigenvalue weighted by Gasteiger charge is 2.30. The molecular formula is C23H29N3O5S. The van der Waals surface area contributed by atoms with Gasteiger partial charge in [-0.3, -0.25) is 9.59 Å². The summed E-state index contributed by atoms with van der Waals surface area (Å²) < 4.78 is 33.3. The minimum Gasteiger partial charge on any atom is -0.492 e. The number of amides is 2. The highest BCUT2D eigenvalue weighted by atomic mass is 32.2. The zero-order valence-corrected chi connectivity index (χ0v) is 19.2. The van der Waals surface area contributed by atoms with Crippen molar-refractivity contribution in [3.05, 3.63) is 54.1 Å². The van der Waals surface area contributed by atoms with Crippen molar-refractivity contribution < 1.29 is 22.7 Å². The molecule has 1 atom stereocenters. The van der Waals surface area contributed by atoms with Crippen LogP contribution >= 0.6 is 0 Å². The Bertz CT molecular complexity index is 1050. The molecule has 0 bridgehead atoms. The number of benzene rings is 2. The fourth-order valence-corrected chi connectivity index (χ4v) is 5.38. The van der Waals surface area contributed by atoms with Gasteiger partial charge in [0.2, 0.25) is 21.8 Å². The van der Waals surface area contributed by atoms with Gasteiger partial charge in [-0.25, -0.2) is 8.42 Å². The second kappa shape index (κ2) is 10.6. The van der Waals surface area contributed by atoms with E-state index >= 15 is 0 Å². The van der Waals surface area contributed by atoms with E-state index in [0.29, 0.717) is 25.4 Å². The number of nitrogens with zero attached hydrogens (tertiary/aromatic N) is 1. The average Bonchev–Trinajstić information content (AvgIpc) is 3.31. The standard InChI is InChI=1S/C23H29N3O5S/c1-3-31-21-12-11-19(15-22(21)32(29,30)26-13-7-8-14-26)25-23(28)16-20(24-17(2)27)18-9-5-4-6-10-18/h4-6,9-12,15,20H,3,7-8,13-14,16H2,1-2H3,(H,24,27)(H,25,28)/t20-/m1/s1. The van der Waals surface area contributed by atoms with Crippen molar-refractivity contribution in [2.45, 2.75) is 44.0 Å². The quantitative estimate of drug-likeness (QED) is 0.600. The molecule has 3 rings (SSSR count). The molecule has 0 unspecified atom stereocenters. The number of rotatable bonds is 9. The maximum atomic E-state index is 13.1. The van der Waals surface area contributed by atoms with Crippen molar-refractivity contribution in [2.24, 2.45) is 0 Å². The first-order chi connectivity index (χ1) is 15.3. The Hall–Kier alpha value is -2.91. The van der Waals surface area contributed by atoms with Crippen LogP contribution in [-0.4, -0.2) is 44.2 Å². The third kappa shape index (κ3) is 5.86. The molecule has 172 valence electrons. The summed E-state index contributed by atoms with van der Waals surface area (Å²) in [5.41, 5.74) is 1.16. The number of carbonyl (C=O) groups excluding carboxylic acids is 2. The lowest BCUT2D eigenvalue weighted by molar-refractivity contribution is -0.120. The summed E-state index contributed by atoms with van der Waals surface area (Å²) in [5, 5.41) is 5.55. The minimum atomic E-state index is -3.73. The molecule has 1 heterocycles. The molecule has 2 aromatic carbocycles. The van der Waals surface area contributed by atoms with Gasteiger partial charge in [-0.05, 0) is 43.5 Å². The van der Waals surface area contributed by atoms with Crippen molar-refractivity contribution in [1.29, 1.82) is 0 Å². The zero-order chi connectivity index (χ0) is 23.1. The fraction of sp³-hybridized carbons (Fsp3) is 0.391. The minimum absolute atomic E-state index is 0.00497. The van der Waals surface area contributed by atoms with Crippen LogP contribution in [0.2, 0.25) is 0 Å². The third-order valence-corrected chi connectivity index (χ3v) is 7.10. The molecule has 1 fully saturated rings. The normalized spacial score (nSPS) is 15.2. The van der Waals surface area contributed by atoms with Crippen molar-refractivity contribution in [1.82, 2.24) is 9.62 Å². The predicted octanol–water partition coefficient (Wildman–Crippen LogP) is 3.08. The lowest BCUT2D eigenvalue weighted by Gasteiger charge is -2.20. The maximum absolute atomic E-state index is 13.1.